The van der Waals surface area contributed by atoms with Crippen molar-refractivity contribution in [1.82, 2.24) is 10.2 Å². The molecule has 0 aliphatic carbocycles. The van der Waals surface area contributed by atoms with Crippen molar-refractivity contribution in [3.05, 3.63) is 57.0 Å². The van der Waals surface area contributed by atoms with E-state index in [2.05, 4.69) is 43.4 Å². The minimum absolute atomic E-state index is 0.0958. The Labute approximate surface area is 199 Å². The van der Waals surface area contributed by atoms with Crippen LogP contribution in [-0.4, -0.2) is 62.2 Å². The quantitative estimate of drug-likeness (QED) is 0.465. The van der Waals surface area contributed by atoms with Crippen molar-refractivity contribution in [2.75, 3.05) is 50.6 Å². The number of nitrogens with zero attached hydrogens (tertiary/aromatic N) is 2. The third-order valence-corrected chi connectivity index (χ3v) is 5.94. The number of rotatable bonds is 4. The highest BCUT2D eigenvalue weighted by Crippen LogP contribution is 2.29. The van der Waals surface area contributed by atoms with Crippen LogP contribution in [0, 0.1) is 0 Å². The van der Waals surface area contributed by atoms with Crippen LogP contribution in [0.5, 0.6) is 0 Å². The number of amides is 1. The van der Waals surface area contributed by atoms with E-state index < -0.39 is 11.9 Å². The van der Waals surface area contributed by atoms with Gasteiger partial charge in [-0.05, 0) is 55.7 Å². The van der Waals surface area contributed by atoms with Crippen LogP contribution < -0.4 is 15.5 Å². The van der Waals surface area contributed by atoms with E-state index in [0.29, 0.717) is 21.8 Å². The van der Waals surface area contributed by atoms with Crippen LogP contribution in [0.15, 0.2) is 40.9 Å². The number of halogens is 2. The highest BCUT2D eigenvalue weighted by molar-refractivity contribution is 9.10. The minimum Gasteiger partial charge on any atom is -0.465 e. The molecule has 10 heteroatoms. The Balaban J connectivity index is 1.82. The smallest absolute Gasteiger partial charge is 0.337 e. The summed E-state index contributed by atoms with van der Waals surface area (Å²) in [4.78, 5) is 29.1. The molecule has 1 amide bonds. The summed E-state index contributed by atoms with van der Waals surface area (Å²) in [5, 5.41) is 6.11. The van der Waals surface area contributed by atoms with E-state index in [4.69, 9.17) is 28.6 Å². The van der Waals surface area contributed by atoms with E-state index in [1.807, 2.05) is 6.07 Å². The van der Waals surface area contributed by atoms with Gasteiger partial charge in [-0.15, -0.1) is 0 Å². The molecule has 1 heterocycles. The third-order valence-electron chi connectivity index (χ3n) is 4.91. The monoisotopic (exact) mass is 524 g/mol. The molecule has 0 saturated carbocycles. The number of anilines is 2. The van der Waals surface area contributed by atoms with E-state index in [0.717, 1.165) is 36.3 Å². The highest BCUT2D eigenvalue weighted by atomic mass is 79.9. The topological polar surface area (TPSA) is 73.9 Å². The SMILES string of the molecule is COC(=O)c1ccc(N2CCN(C)CC2)c(NC(=S)NC(=O)c2cc(Br)ccc2Cl)c1. The van der Waals surface area contributed by atoms with Gasteiger partial charge in [-0.1, -0.05) is 27.5 Å². The predicted octanol–water partition coefficient (Wildman–Crippen LogP) is 3.77. The first-order valence-corrected chi connectivity index (χ1v) is 11.1. The first-order valence-electron chi connectivity index (χ1n) is 9.51. The molecule has 2 N–H and O–H groups in total. The van der Waals surface area contributed by atoms with E-state index >= 15 is 0 Å². The Kier molecular flexibility index (Phi) is 7.88. The molecule has 2 aromatic carbocycles. The molecule has 0 atom stereocenters. The Morgan fingerprint density at radius 1 is 1.13 bits per heavy atom. The maximum Gasteiger partial charge on any atom is 0.337 e. The molecule has 1 fully saturated rings. The second kappa shape index (κ2) is 10.4. The molecule has 2 aromatic rings. The number of piperazine rings is 1. The Hall–Kier alpha value is -2.20. The maximum absolute atomic E-state index is 12.6. The molecule has 0 bridgehead atoms. The van der Waals surface area contributed by atoms with Crippen LogP contribution in [-0.2, 0) is 4.74 Å². The molecule has 31 heavy (non-hydrogen) atoms. The van der Waals surface area contributed by atoms with Gasteiger partial charge in [0.25, 0.3) is 5.91 Å². The zero-order valence-electron chi connectivity index (χ0n) is 17.1. The molecule has 164 valence electrons. The summed E-state index contributed by atoms with van der Waals surface area (Å²) in [6.07, 6.45) is 0. The molecule has 0 aromatic heterocycles. The fourth-order valence-electron chi connectivity index (χ4n) is 3.20. The van der Waals surface area contributed by atoms with Gasteiger partial charge in [-0.25, -0.2) is 4.79 Å². The van der Waals surface area contributed by atoms with Crippen molar-refractivity contribution in [3.63, 3.8) is 0 Å². The van der Waals surface area contributed by atoms with Gasteiger partial charge in [0.1, 0.15) is 0 Å². The molecule has 3 rings (SSSR count). The number of ether oxygens (including phenoxy) is 1. The van der Waals surface area contributed by atoms with Crippen LogP contribution >= 0.6 is 39.7 Å². The Morgan fingerprint density at radius 2 is 1.84 bits per heavy atom. The average molecular weight is 526 g/mol. The minimum atomic E-state index is -0.455. The van der Waals surface area contributed by atoms with Gasteiger partial charge < -0.3 is 19.9 Å². The lowest BCUT2D eigenvalue weighted by Crippen LogP contribution is -2.45. The summed E-state index contributed by atoms with van der Waals surface area (Å²) in [6.45, 7) is 3.49. The number of nitrogens with one attached hydrogen (secondary N) is 2. The van der Waals surface area contributed by atoms with Gasteiger partial charge >= 0.3 is 5.97 Å². The van der Waals surface area contributed by atoms with Gasteiger partial charge in [0.15, 0.2) is 5.11 Å². The molecule has 1 aliphatic heterocycles. The fraction of sp³-hybridized carbons (Fsp3) is 0.286. The largest absolute Gasteiger partial charge is 0.465 e. The Morgan fingerprint density at radius 3 is 2.52 bits per heavy atom. The van der Waals surface area contributed by atoms with E-state index in [9.17, 15) is 9.59 Å². The normalized spacial score (nSPS) is 14.1. The molecule has 0 radical (unpaired) electrons. The zero-order chi connectivity index (χ0) is 22.5. The van der Waals surface area contributed by atoms with Crippen molar-refractivity contribution < 1.29 is 14.3 Å². The number of thiocarbonyl (C=S) groups is 1. The van der Waals surface area contributed by atoms with Gasteiger partial charge in [0.05, 0.1) is 34.6 Å². The van der Waals surface area contributed by atoms with Gasteiger partial charge in [-0.2, -0.15) is 0 Å². The van der Waals surface area contributed by atoms with E-state index in [1.165, 1.54) is 7.11 Å². The molecule has 0 spiro atoms. The summed E-state index contributed by atoms with van der Waals surface area (Å²) < 4.78 is 5.56. The van der Waals surface area contributed by atoms with Gasteiger partial charge in [-0.3, -0.25) is 10.1 Å². The van der Waals surface area contributed by atoms with Crippen molar-refractivity contribution in [2.45, 2.75) is 0 Å². The third kappa shape index (κ3) is 5.94. The standard InChI is InChI=1S/C21H22BrClN4O3S/c1-26-7-9-27(10-8-26)18-6-3-13(20(29)30-2)11-17(18)24-21(31)25-19(28)15-12-14(22)4-5-16(15)23/h3-6,11-12H,7-10H2,1-2H3,(H2,24,25,28,31). The lowest BCUT2D eigenvalue weighted by atomic mass is 10.1. The number of carbonyl (C=O) groups excluding carboxylic acids is 2. The van der Waals surface area contributed by atoms with Gasteiger partial charge in [0, 0.05) is 30.7 Å². The van der Waals surface area contributed by atoms with Crippen molar-refractivity contribution in [2.24, 2.45) is 0 Å². The number of hydrogen-bond acceptors (Lipinski definition) is 6. The maximum atomic E-state index is 12.6. The second-order valence-electron chi connectivity index (χ2n) is 7.05. The van der Waals surface area contributed by atoms with Crippen molar-refractivity contribution in [3.8, 4) is 0 Å². The van der Waals surface area contributed by atoms with Crippen molar-refractivity contribution >= 4 is 68.1 Å². The van der Waals surface area contributed by atoms with Crippen LogP contribution in [0.1, 0.15) is 20.7 Å². The number of esters is 1. The summed E-state index contributed by atoms with van der Waals surface area (Å²) >= 11 is 14.8. The number of carbonyl (C=O) groups is 2. The van der Waals surface area contributed by atoms with Crippen LogP contribution in [0.3, 0.4) is 0 Å². The van der Waals surface area contributed by atoms with Crippen LogP contribution in [0.25, 0.3) is 0 Å². The summed E-state index contributed by atoms with van der Waals surface area (Å²) in [5.74, 6) is -0.891. The second-order valence-corrected chi connectivity index (χ2v) is 8.78. The lowest BCUT2D eigenvalue weighted by Gasteiger charge is -2.35. The first-order chi connectivity index (χ1) is 14.8. The zero-order valence-corrected chi connectivity index (χ0v) is 20.2. The number of hydrogen-bond donors (Lipinski definition) is 2. The van der Waals surface area contributed by atoms with E-state index in [-0.39, 0.29) is 5.11 Å². The van der Waals surface area contributed by atoms with Crippen LogP contribution in [0.4, 0.5) is 11.4 Å². The molecule has 1 saturated heterocycles. The number of benzene rings is 2. The molecule has 0 unspecified atom stereocenters. The number of likely N-dealkylation sites (N-methyl/N-ethyl adjacent to an activating group) is 1. The average Bonchev–Trinajstić information content (AvgIpc) is 2.75. The highest BCUT2D eigenvalue weighted by Gasteiger charge is 2.20. The van der Waals surface area contributed by atoms with Gasteiger partial charge in [0.2, 0.25) is 0 Å². The summed E-state index contributed by atoms with van der Waals surface area (Å²) in [5.41, 5.74) is 2.17. The Bertz CT molecular complexity index is 1010. The molecular weight excluding hydrogens is 504 g/mol. The van der Waals surface area contributed by atoms with Crippen molar-refractivity contribution in [1.29, 1.82) is 0 Å². The lowest BCUT2D eigenvalue weighted by molar-refractivity contribution is 0.0600. The van der Waals surface area contributed by atoms with E-state index in [1.54, 1.807) is 30.3 Å². The summed E-state index contributed by atoms with van der Waals surface area (Å²) in [6, 6.07) is 10.2. The molecular formula is C21H22BrClN4O3S. The molecule has 1 aliphatic rings. The molecule has 7 nitrogen and oxygen atoms in total. The number of methoxy groups -OCH3 is 1. The first kappa shape index (κ1) is 23.5. The summed E-state index contributed by atoms with van der Waals surface area (Å²) in [7, 11) is 3.41. The predicted molar refractivity (Wildman–Crippen MR) is 130 cm³/mol. The fourth-order valence-corrected chi connectivity index (χ4v) is 3.97. The van der Waals surface area contributed by atoms with Crippen LogP contribution in [0.2, 0.25) is 5.02 Å².